The van der Waals surface area contributed by atoms with Gasteiger partial charge in [0.2, 0.25) is 0 Å². The fourth-order valence-electron chi connectivity index (χ4n) is 0.725. The van der Waals surface area contributed by atoms with Gasteiger partial charge >= 0.3 is 28.8 Å². The number of rotatable bonds is 2. The Labute approximate surface area is 94.3 Å². The number of carbonyl (C=O) groups excluding carboxylic acids is 1. The van der Waals surface area contributed by atoms with Crippen LogP contribution in [-0.2, 0) is 32.0 Å². The molecule has 1 aliphatic heterocycles. The molecule has 0 N–H and O–H groups in total. The van der Waals surface area contributed by atoms with Crippen molar-refractivity contribution in [1.29, 1.82) is 0 Å². The second-order valence-electron chi connectivity index (χ2n) is 4.02. The molecule has 1 aliphatic rings. The van der Waals surface area contributed by atoms with Gasteiger partial charge in [0.25, 0.3) is 0 Å². The Kier molecular flexibility index (Phi) is 4.47. The first-order valence-electron chi connectivity index (χ1n) is 4.42. The standard InChI is InChI=1S/C7H12O7P2/c1-7(2,3)6(8)11-4-5-12-15(9)14-16(10)13-5/h5H,4H2,1-3H3/q+2. The summed E-state index contributed by atoms with van der Waals surface area (Å²) in [6.45, 7) is 4.77. The van der Waals surface area contributed by atoms with E-state index in [-0.39, 0.29) is 6.61 Å². The van der Waals surface area contributed by atoms with Crippen LogP contribution in [0.5, 0.6) is 0 Å². The molecule has 1 saturated heterocycles. The van der Waals surface area contributed by atoms with Gasteiger partial charge in [-0.1, -0.05) is 9.05 Å². The molecule has 0 amide bonds. The molecule has 7 nitrogen and oxygen atoms in total. The van der Waals surface area contributed by atoms with E-state index in [1.807, 2.05) is 0 Å². The molecular weight excluding hydrogens is 258 g/mol. The summed E-state index contributed by atoms with van der Waals surface area (Å²) >= 11 is 0. The van der Waals surface area contributed by atoms with Gasteiger partial charge in [-0.15, -0.1) is 0 Å². The van der Waals surface area contributed by atoms with Gasteiger partial charge in [0.05, 0.1) is 5.41 Å². The van der Waals surface area contributed by atoms with Crippen LogP contribution in [0.4, 0.5) is 0 Å². The van der Waals surface area contributed by atoms with Crippen LogP contribution >= 0.6 is 16.5 Å². The lowest BCUT2D eigenvalue weighted by molar-refractivity contribution is -0.161. The summed E-state index contributed by atoms with van der Waals surface area (Å²) in [6, 6.07) is 0. The minimum atomic E-state index is -2.48. The zero-order valence-electron chi connectivity index (χ0n) is 9.04. The third-order valence-electron chi connectivity index (χ3n) is 1.50. The lowest BCUT2D eigenvalue weighted by Crippen LogP contribution is -2.29. The first kappa shape index (κ1) is 13.6. The molecule has 1 fully saturated rings. The highest BCUT2D eigenvalue weighted by molar-refractivity contribution is 7.48. The molecule has 2 atom stereocenters. The van der Waals surface area contributed by atoms with Gasteiger partial charge < -0.3 is 4.74 Å². The summed E-state index contributed by atoms with van der Waals surface area (Å²) in [6.07, 6.45) is -1.12. The van der Waals surface area contributed by atoms with E-state index in [2.05, 4.69) is 13.4 Å². The second-order valence-corrected chi connectivity index (χ2v) is 5.99. The average Bonchev–Trinajstić information content (AvgIpc) is 2.11. The van der Waals surface area contributed by atoms with Gasteiger partial charge in [-0.05, 0) is 20.8 Å². The van der Waals surface area contributed by atoms with Crippen LogP contribution < -0.4 is 0 Å². The Morgan fingerprint density at radius 2 is 1.75 bits per heavy atom. The molecule has 0 bridgehead atoms. The van der Waals surface area contributed by atoms with E-state index < -0.39 is 34.2 Å². The summed E-state index contributed by atoms with van der Waals surface area (Å²) in [5.41, 5.74) is -0.657. The zero-order chi connectivity index (χ0) is 12.3. The zero-order valence-corrected chi connectivity index (χ0v) is 10.8. The predicted octanol–water partition coefficient (Wildman–Crippen LogP) is 2.28. The number of hydrogen-bond acceptors (Lipinski definition) is 7. The minimum Gasteiger partial charge on any atom is -0.459 e. The summed E-state index contributed by atoms with van der Waals surface area (Å²) in [5, 5.41) is 0. The first-order valence-corrected chi connectivity index (χ1v) is 6.61. The van der Waals surface area contributed by atoms with Crippen LogP contribution in [0.15, 0.2) is 0 Å². The summed E-state index contributed by atoms with van der Waals surface area (Å²) < 4.78 is 40.0. The summed E-state index contributed by atoms with van der Waals surface area (Å²) in [7, 11) is -4.96. The fraction of sp³-hybridized carbons (Fsp3) is 0.857. The van der Waals surface area contributed by atoms with Crippen molar-refractivity contribution in [2.24, 2.45) is 5.41 Å². The smallest absolute Gasteiger partial charge is 0.459 e. The van der Waals surface area contributed by atoms with Gasteiger partial charge in [0.1, 0.15) is 0 Å². The third-order valence-corrected chi connectivity index (χ3v) is 3.38. The van der Waals surface area contributed by atoms with Crippen LogP contribution in [0.1, 0.15) is 20.8 Å². The van der Waals surface area contributed by atoms with Crippen molar-refractivity contribution in [3.05, 3.63) is 0 Å². The molecule has 1 rings (SSSR count). The van der Waals surface area contributed by atoms with Gasteiger partial charge in [-0.25, -0.2) is 0 Å². The Morgan fingerprint density at radius 3 is 2.19 bits per heavy atom. The molecular formula is C7H12O7P2+2. The fourth-order valence-corrected chi connectivity index (χ4v) is 2.13. The molecule has 2 unspecified atom stereocenters. The molecule has 16 heavy (non-hydrogen) atoms. The Hall–Kier alpha value is -0.450. The maximum absolute atomic E-state index is 11.4. The molecule has 0 spiro atoms. The highest BCUT2D eigenvalue weighted by Crippen LogP contribution is 2.47. The molecule has 0 aliphatic carbocycles. The number of esters is 1. The lowest BCUT2D eigenvalue weighted by Gasteiger charge is -2.16. The van der Waals surface area contributed by atoms with Gasteiger partial charge in [0, 0.05) is 9.13 Å². The average molecular weight is 270 g/mol. The molecule has 0 radical (unpaired) electrons. The highest BCUT2D eigenvalue weighted by atomic mass is 31.2. The Balaban J connectivity index is 2.41. The minimum absolute atomic E-state index is 0.276. The predicted molar refractivity (Wildman–Crippen MR) is 52.7 cm³/mol. The first-order chi connectivity index (χ1) is 7.29. The van der Waals surface area contributed by atoms with E-state index in [0.717, 1.165) is 0 Å². The maximum atomic E-state index is 11.4. The summed E-state index contributed by atoms with van der Waals surface area (Å²) in [5.74, 6) is -0.461. The largest absolute Gasteiger partial charge is 0.750 e. The molecule has 0 saturated carbocycles. The van der Waals surface area contributed by atoms with E-state index >= 15 is 0 Å². The number of ether oxygens (including phenoxy) is 1. The van der Waals surface area contributed by atoms with Gasteiger partial charge in [-0.3, -0.25) is 4.79 Å². The van der Waals surface area contributed by atoms with E-state index in [0.29, 0.717) is 0 Å². The number of hydrogen-bond donors (Lipinski definition) is 0. The van der Waals surface area contributed by atoms with Crippen molar-refractivity contribution in [1.82, 2.24) is 0 Å². The molecule has 0 aromatic carbocycles. The van der Waals surface area contributed by atoms with Crippen LogP contribution in [0.25, 0.3) is 0 Å². The quantitative estimate of drug-likeness (QED) is 0.561. The molecule has 90 valence electrons. The maximum Gasteiger partial charge on any atom is 0.750 e. The van der Waals surface area contributed by atoms with E-state index in [1.165, 1.54) is 0 Å². The van der Waals surface area contributed by atoms with Crippen molar-refractivity contribution >= 4 is 22.5 Å². The second kappa shape index (κ2) is 5.25. The topological polar surface area (TPSA) is 88.1 Å². The number of carbonyl (C=O) groups is 1. The molecule has 9 heteroatoms. The Bertz CT molecular complexity index is 305. The SMILES string of the molecule is CC(C)(C)C(=O)OCC1O[P+](=O)O[P+](=O)O1. The van der Waals surface area contributed by atoms with Gasteiger partial charge in [-0.2, -0.15) is 0 Å². The van der Waals surface area contributed by atoms with E-state index in [4.69, 9.17) is 4.74 Å². The van der Waals surface area contributed by atoms with Crippen molar-refractivity contribution in [3.8, 4) is 0 Å². The monoisotopic (exact) mass is 270 g/mol. The third kappa shape index (κ3) is 4.20. The van der Waals surface area contributed by atoms with Gasteiger partial charge in [0.15, 0.2) is 10.9 Å². The normalized spacial score (nSPS) is 26.6. The van der Waals surface area contributed by atoms with Crippen molar-refractivity contribution in [2.75, 3.05) is 6.61 Å². The van der Waals surface area contributed by atoms with Crippen molar-refractivity contribution < 1.29 is 32.0 Å². The van der Waals surface area contributed by atoms with Crippen LogP contribution in [0.2, 0.25) is 0 Å². The molecule has 0 aromatic rings. The molecule has 0 aromatic heterocycles. The lowest BCUT2D eigenvalue weighted by atomic mass is 9.97. The highest BCUT2D eigenvalue weighted by Gasteiger charge is 2.52. The Morgan fingerprint density at radius 1 is 1.25 bits per heavy atom. The van der Waals surface area contributed by atoms with E-state index in [9.17, 15) is 13.9 Å². The van der Waals surface area contributed by atoms with Crippen LogP contribution in [0.3, 0.4) is 0 Å². The van der Waals surface area contributed by atoms with Crippen molar-refractivity contribution in [2.45, 2.75) is 27.1 Å². The van der Waals surface area contributed by atoms with Crippen molar-refractivity contribution in [3.63, 3.8) is 0 Å². The van der Waals surface area contributed by atoms with Crippen LogP contribution in [-0.4, -0.2) is 18.9 Å². The van der Waals surface area contributed by atoms with Crippen LogP contribution in [0, 0.1) is 5.41 Å². The van der Waals surface area contributed by atoms with E-state index in [1.54, 1.807) is 20.8 Å². The summed E-state index contributed by atoms with van der Waals surface area (Å²) in [4.78, 5) is 11.4. The molecule has 1 heterocycles.